The molecule has 0 saturated carbocycles. The number of hydrogen-bond acceptors (Lipinski definition) is 4. The minimum atomic E-state index is -0.376. The molecule has 0 bridgehead atoms. The van der Waals surface area contributed by atoms with Crippen molar-refractivity contribution in [1.82, 2.24) is 5.32 Å². The summed E-state index contributed by atoms with van der Waals surface area (Å²) in [6, 6.07) is 15.3. The van der Waals surface area contributed by atoms with E-state index in [0.717, 1.165) is 51.6 Å². The van der Waals surface area contributed by atoms with E-state index in [-0.39, 0.29) is 16.5 Å². The van der Waals surface area contributed by atoms with Crippen LogP contribution in [0.4, 0.5) is 11.4 Å². The number of benzene rings is 2. The molecule has 6 nitrogen and oxygen atoms in total. The summed E-state index contributed by atoms with van der Waals surface area (Å²) in [5.74, 6) is 0.346. The highest BCUT2D eigenvalue weighted by Crippen LogP contribution is 2.33. The van der Waals surface area contributed by atoms with Crippen LogP contribution >= 0.6 is 0 Å². The third-order valence-corrected chi connectivity index (χ3v) is 5.82. The Balaban J connectivity index is 1.63. The fourth-order valence-corrected chi connectivity index (χ4v) is 4.08. The zero-order valence-electron chi connectivity index (χ0n) is 17.7. The summed E-state index contributed by atoms with van der Waals surface area (Å²) in [4.78, 5) is 25.7. The monoisotopic (exact) mass is 409 g/mol. The zero-order chi connectivity index (χ0) is 21.3. The third-order valence-electron chi connectivity index (χ3n) is 5.82. The highest BCUT2D eigenvalue weighted by molar-refractivity contribution is 5.95. The maximum absolute atomic E-state index is 12.3. The first kappa shape index (κ1) is 21.8. The van der Waals surface area contributed by atoms with Gasteiger partial charge in [-0.3, -0.25) is 14.9 Å². The molecule has 1 saturated heterocycles. The normalized spacial score (nSPS) is 14.5. The molecule has 0 aromatic heterocycles. The average molecular weight is 410 g/mol. The summed E-state index contributed by atoms with van der Waals surface area (Å²) >= 11 is 0. The minimum Gasteiger partial charge on any atom is -0.366 e. The van der Waals surface area contributed by atoms with Gasteiger partial charge in [0.15, 0.2) is 0 Å². The van der Waals surface area contributed by atoms with E-state index in [2.05, 4.69) is 41.4 Å². The quantitative estimate of drug-likeness (QED) is 0.360. The van der Waals surface area contributed by atoms with Crippen molar-refractivity contribution in [3.63, 3.8) is 0 Å². The Morgan fingerprint density at radius 3 is 2.53 bits per heavy atom. The Morgan fingerprint density at radius 2 is 1.87 bits per heavy atom. The third kappa shape index (κ3) is 5.81. The van der Waals surface area contributed by atoms with Gasteiger partial charge in [-0.1, -0.05) is 50.1 Å². The molecule has 1 fully saturated rings. The molecule has 2 aromatic rings. The lowest BCUT2D eigenvalue weighted by Gasteiger charge is -2.33. The number of nitrogens with one attached hydrogen (secondary N) is 1. The lowest BCUT2D eigenvalue weighted by atomic mass is 9.90. The molecule has 3 rings (SSSR count). The van der Waals surface area contributed by atoms with Gasteiger partial charge in [-0.2, -0.15) is 0 Å². The van der Waals surface area contributed by atoms with Crippen molar-refractivity contribution in [3.05, 3.63) is 69.8 Å². The van der Waals surface area contributed by atoms with E-state index in [9.17, 15) is 14.9 Å². The topological polar surface area (TPSA) is 75.5 Å². The van der Waals surface area contributed by atoms with Crippen molar-refractivity contribution in [3.8, 4) is 0 Å². The van der Waals surface area contributed by atoms with Gasteiger partial charge in [0.1, 0.15) is 5.69 Å². The first-order chi connectivity index (χ1) is 14.6. The van der Waals surface area contributed by atoms with E-state index in [1.165, 1.54) is 11.6 Å². The second-order valence-electron chi connectivity index (χ2n) is 8.04. The highest BCUT2D eigenvalue weighted by atomic mass is 16.6. The smallest absolute Gasteiger partial charge is 0.293 e. The van der Waals surface area contributed by atoms with E-state index < -0.39 is 0 Å². The predicted octanol–water partition coefficient (Wildman–Crippen LogP) is 4.97. The van der Waals surface area contributed by atoms with Crippen LogP contribution < -0.4 is 10.2 Å². The van der Waals surface area contributed by atoms with Crippen LogP contribution in [0.3, 0.4) is 0 Å². The molecule has 0 radical (unpaired) electrons. The van der Waals surface area contributed by atoms with Crippen molar-refractivity contribution < 1.29 is 9.72 Å². The van der Waals surface area contributed by atoms with E-state index in [4.69, 9.17) is 0 Å². The molecule has 30 heavy (non-hydrogen) atoms. The number of carbonyl (C=O) groups is 1. The number of piperidine rings is 1. The number of nitrogens with zero attached hydrogens (tertiary/aromatic N) is 2. The van der Waals surface area contributed by atoms with E-state index in [1.54, 1.807) is 12.1 Å². The molecule has 0 spiro atoms. The number of nitro groups is 1. The van der Waals surface area contributed by atoms with E-state index in [0.29, 0.717) is 23.7 Å². The van der Waals surface area contributed by atoms with Crippen molar-refractivity contribution in [1.29, 1.82) is 0 Å². The Labute approximate surface area is 178 Å². The summed E-state index contributed by atoms with van der Waals surface area (Å²) in [5, 5.41) is 14.5. The highest BCUT2D eigenvalue weighted by Gasteiger charge is 2.26. The van der Waals surface area contributed by atoms with E-state index in [1.807, 2.05) is 6.07 Å². The first-order valence-corrected chi connectivity index (χ1v) is 10.9. The Kier molecular flexibility index (Phi) is 7.82. The van der Waals surface area contributed by atoms with Crippen molar-refractivity contribution in [2.45, 2.75) is 45.4 Å². The Hall–Kier alpha value is -2.89. The Bertz CT molecular complexity index is 846. The number of rotatable bonds is 9. The van der Waals surface area contributed by atoms with Crippen LogP contribution in [0.5, 0.6) is 0 Å². The first-order valence-electron chi connectivity index (χ1n) is 10.9. The molecular formula is C24H31N3O3. The van der Waals surface area contributed by atoms with Gasteiger partial charge in [-0.25, -0.2) is 0 Å². The van der Waals surface area contributed by atoms with Crippen molar-refractivity contribution in [2.24, 2.45) is 5.92 Å². The molecule has 1 amide bonds. The van der Waals surface area contributed by atoms with E-state index >= 15 is 0 Å². The van der Waals surface area contributed by atoms with Gasteiger partial charge in [0.2, 0.25) is 0 Å². The van der Waals surface area contributed by atoms with Gasteiger partial charge in [-0.15, -0.1) is 0 Å². The van der Waals surface area contributed by atoms with Gasteiger partial charge in [-0.05, 0) is 49.3 Å². The number of anilines is 1. The maximum atomic E-state index is 12.3. The second-order valence-corrected chi connectivity index (χ2v) is 8.04. The second kappa shape index (κ2) is 10.8. The molecule has 2 aromatic carbocycles. The fourth-order valence-electron chi connectivity index (χ4n) is 4.08. The summed E-state index contributed by atoms with van der Waals surface area (Å²) in [5.41, 5.74) is 2.32. The molecule has 1 aliphatic heterocycles. The number of amides is 1. The molecule has 1 heterocycles. The molecule has 1 aliphatic rings. The van der Waals surface area contributed by atoms with Crippen LogP contribution in [0.15, 0.2) is 48.5 Å². The fraction of sp³-hybridized carbons (Fsp3) is 0.458. The number of nitro benzene ring substituents is 1. The summed E-state index contributed by atoms with van der Waals surface area (Å²) < 4.78 is 0. The predicted molar refractivity (Wildman–Crippen MR) is 120 cm³/mol. The van der Waals surface area contributed by atoms with Gasteiger partial charge in [0.05, 0.1) is 4.92 Å². The van der Waals surface area contributed by atoms with Crippen LogP contribution in [-0.2, 0) is 6.42 Å². The van der Waals surface area contributed by atoms with Gasteiger partial charge in [0, 0.05) is 31.3 Å². The van der Waals surface area contributed by atoms with Gasteiger partial charge >= 0.3 is 0 Å². The molecule has 0 aliphatic carbocycles. The van der Waals surface area contributed by atoms with Crippen LogP contribution in [0.2, 0.25) is 0 Å². The minimum absolute atomic E-state index is 0.0118. The maximum Gasteiger partial charge on any atom is 0.293 e. The molecule has 6 heteroatoms. The van der Waals surface area contributed by atoms with Crippen LogP contribution in [0.25, 0.3) is 0 Å². The molecule has 0 unspecified atom stereocenters. The molecule has 1 N–H and O–H groups in total. The number of unbranched alkanes of at least 4 members (excludes halogenated alkanes) is 2. The molecular weight excluding hydrogens is 378 g/mol. The lowest BCUT2D eigenvalue weighted by Crippen LogP contribution is -2.34. The van der Waals surface area contributed by atoms with Crippen LogP contribution in [0, 0.1) is 16.0 Å². The average Bonchev–Trinajstić information content (AvgIpc) is 2.77. The van der Waals surface area contributed by atoms with Crippen molar-refractivity contribution >= 4 is 17.3 Å². The summed E-state index contributed by atoms with van der Waals surface area (Å²) in [6.45, 7) is 4.29. The zero-order valence-corrected chi connectivity index (χ0v) is 17.7. The van der Waals surface area contributed by atoms with Gasteiger partial charge in [0.25, 0.3) is 11.6 Å². The largest absolute Gasteiger partial charge is 0.366 e. The molecule has 0 atom stereocenters. The van der Waals surface area contributed by atoms with Crippen LogP contribution in [0.1, 0.15) is 54.9 Å². The summed E-state index contributed by atoms with van der Waals surface area (Å²) in [7, 11) is 0. The summed E-state index contributed by atoms with van der Waals surface area (Å²) in [6.07, 6.45) is 6.11. The lowest BCUT2D eigenvalue weighted by molar-refractivity contribution is -0.384. The molecule has 160 valence electrons. The SMILES string of the molecule is CCCCCNC(=O)c1ccc(N2CCC(Cc3ccccc3)CC2)c([N+](=O)[O-])c1. The number of hydrogen-bond donors (Lipinski definition) is 1. The van der Waals surface area contributed by atoms with Gasteiger partial charge < -0.3 is 10.2 Å². The standard InChI is InChI=1S/C24H31N3O3/c1-2-3-7-14-25-24(28)21-10-11-22(23(18-21)27(29)30)26-15-12-20(13-16-26)17-19-8-5-4-6-9-19/h4-6,8-11,18,20H,2-3,7,12-17H2,1H3,(H,25,28). The number of carbonyl (C=O) groups excluding carboxylic acids is 1. The Morgan fingerprint density at radius 1 is 1.13 bits per heavy atom. The van der Waals surface area contributed by atoms with Crippen molar-refractivity contribution in [2.75, 3.05) is 24.5 Å². The van der Waals surface area contributed by atoms with Crippen LogP contribution in [-0.4, -0.2) is 30.5 Å².